The summed E-state index contributed by atoms with van der Waals surface area (Å²) < 4.78 is 0. The van der Waals surface area contributed by atoms with E-state index in [0.717, 1.165) is 32.4 Å². The second kappa shape index (κ2) is 9.22. The zero-order chi connectivity index (χ0) is 19.2. The molecule has 0 aliphatic carbocycles. The number of likely N-dealkylation sites (tertiary alicyclic amines) is 1. The van der Waals surface area contributed by atoms with E-state index in [9.17, 15) is 9.59 Å². The molecule has 2 N–H and O–H groups in total. The van der Waals surface area contributed by atoms with Crippen molar-refractivity contribution in [1.82, 2.24) is 15.5 Å². The molecule has 2 aliphatic rings. The summed E-state index contributed by atoms with van der Waals surface area (Å²) in [7, 11) is 4.05. The van der Waals surface area contributed by atoms with Crippen LogP contribution in [0, 0.1) is 11.8 Å². The van der Waals surface area contributed by atoms with Crippen molar-refractivity contribution >= 4 is 17.5 Å². The van der Waals surface area contributed by atoms with E-state index in [1.165, 1.54) is 11.3 Å². The molecule has 27 heavy (non-hydrogen) atoms. The van der Waals surface area contributed by atoms with Gasteiger partial charge in [0.05, 0.1) is 11.8 Å². The molecule has 0 spiro atoms. The van der Waals surface area contributed by atoms with Crippen LogP contribution in [0.4, 0.5) is 5.69 Å². The van der Waals surface area contributed by atoms with Crippen LogP contribution in [0.3, 0.4) is 0 Å². The van der Waals surface area contributed by atoms with E-state index in [1.807, 2.05) is 19.0 Å². The van der Waals surface area contributed by atoms with Gasteiger partial charge in [0, 0.05) is 52.5 Å². The van der Waals surface area contributed by atoms with Crippen LogP contribution in [-0.4, -0.2) is 63.5 Å². The number of benzene rings is 1. The van der Waals surface area contributed by atoms with Crippen LogP contribution >= 0.6 is 0 Å². The van der Waals surface area contributed by atoms with Gasteiger partial charge in [0.15, 0.2) is 0 Å². The molecule has 148 valence electrons. The summed E-state index contributed by atoms with van der Waals surface area (Å²) in [5.74, 6) is 0.0995. The first kappa shape index (κ1) is 19.7. The van der Waals surface area contributed by atoms with E-state index in [1.54, 1.807) is 0 Å². The summed E-state index contributed by atoms with van der Waals surface area (Å²) >= 11 is 0. The number of anilines is 1. The monoisotopic (exact) mass is 372 g/mol. The predicted molar refractivity (Wildman–Crippen MR) is 108 cm³/mol. The molecule has 2 amide bonds. The predicted octanol–water partition coefficient (Wildman–Crippen LogP) is 1.26. The summed E-state index contributed by atoms with van der Waals surface area (Å²) in [6.07, 6.45) is 3.68. The molecule has 3 rings (SSSR count). The Morgan fingerprint density at radius 1 is 1.11 bits per heavy atom. The molecule has 2 heterocycles. The van der Waals surface area contributed by atoms with Crippen molar-refractivity contribution in [3.8, 4) is 0 Å². The average molecular weight is 373 g/mol. The first-order valence-electron chi connectivity index (χ1n) is 10.1. The highest BCUT2D eigenvalue weighted by Crippen LogP contribution is 2.21. The lowest BCUT2D eigenvalue weighted by Gasteiger charge is -2.31. The minimum Gasteiger partial charge on any atom is -0.378 e. The lowest BCUT2D eigenvalue weighted by Crippen LogP contribution is -2.49. The molecule has 2 aliphatic heterocycles. The van der Waals surface area contributed by atoms with E-state index in [0.29, 0.717) is 26.1 Å². The van der Waals surface area contributed by atoms with Crippen LogP contribution in [-0.2, 0) is 16.0 Å². The molecule has 0 bridgehead atoms. The summed E-state index contributed by atoms with van der Waals surface area (Å²) in [6, 6.07) is 8.40. The van der Waals surface area contributed by atoms with Gasteiger partial charge in [0.2, 0.25) is 11.8 Å². The molecule has 0 aromatic heterocycles. The Balaban J connectivity index is 1.44. The van der Waals surface area contributed by atoms with Gasteiger partial charge in [-0.05, 0) is 43.4 Å². The number of hydrogen-bond acceptors (Lipinski definition) is 4. The minimum absolute atomic E-state index is 0.0614. The fourth-order valence-corrected chi connectivity index (χ4v) is 3.96. The number of hydrogen-bond donors (Lipinski definition) is 2. The fraction of sp³-hybridized carbons (Fsp3) is 0.619. The zero-order valence-corrected chi connectivity index (χ0v) is 16.5. The number of amides is 2. The highest BCUT2D eigenvalue weighted by Gasteiger charge is 2.33. The number of carbonyl (C=O) groups is 2. The summed E-state index contributed by atoms with van der Waals surface area (Å²) in [5, 5.41) is 6.34. The minimum atomic E-state index is -0.119. The van der Waals surface area contributed by atoms with Gasteiger partial charge in [-0.2, -0.15) is 0 Å². The smallest absolute Gasteiger partial charge is 0.226 e. The van der Waals surface area contributed by atoms with Gasteiger partial charge in [-0.25, -0.2) is 0 Å². The van der Waals surface area contributed by atoms with Gasteiger partial charge >= 0.3 is 0 Å². The maximum atomic E-state index is 12.6. The Kier molecular flexibility index (Phi) is 6.72. The van der Waals surface area contributed by atoms with E-state index < -0.39 is 0 Å². The van der Waals surface area contributed by atoms with Crippen molar-refractivity contribution in [2.75, 3.05) is 51.7 Å². The van der Waals surface area contributed by atoms with Crippen molar-refractivity contribution in [3.63, 3.8) is 0 Å². The van der Waals surface area contributed by atoms with Crippen molar-refractivity contribution in [3.05, 3.63) is 29.8 Å². The Morgan fingerprint density at radius 2 is 1.78 bits per heavy atom. The molecule has 1 aromatic carbocycles. The molecule has 6 nitrogen and oxygen atoms in total. The quantitative estimate of drug-likeness (QED) is 0.789. The highest BCUT2D eigenvalue weighted by molar-refractivity contribution is 5.83. The van der Waals surface area contributed by atoms with Gasteiger partial charge in [-0.1, -0.05) is 12.1 Å². The number of rotatable bonds is 6. The van der Waals surface area contributed by atoms with Crippen LogP contribution in [0.1, 0.15) is 24.8 Å². The second-order valence-corrected chi connectivity index (χ2v) is 7.92. The third-order valence-electron chi connectivity index (χ3n) is 5.65. The van der Waals surface area contributed by atoms with Crippen LogP contribution in [0.5, 0.6) is 0 Å². The number of carbonyl (C=O) groups excluding carboxylic acids is 2. The summed E-state index contributed by atoms with van der Waals surface area (Å²) in [5.41, 5.74) is 2.38. The lowest BCUT2D eigenvalue weighted by atomic mass is 9.89. The third-order valence-corrected chi connectivity index (χ3v) is 5.65. The summed E-state index contributed by atoms with van der Waals surface area (Å²) in [6.45, 7) is 3.73. The molecule has 0 unspecified atom stereocenters. The first-order chi connectivity index (χ1) is 13.0. The molecule has 0 radical (unpaired) electrons. The standard InChI is InChI=1S/C21H32N4O2/c1-24(2)19-7-5-16(6-8-19)9-10-23-20(26)17-13-18(15-22-14-17)21(27)25-11-3-4-12-25/h5-8,17-18,22H,3-4,9-15H2,1-2H3,(H,23,26)/t17-,18-/m1/s1. The maximum Gasteiger partial charge on any atom is 0.226 e. The number of nitrogens with one attached hydrogen (secondary N) is 2. The lowest BCUT2D eigenvalue weighted by molar-refractivity contribution is -0.136. The Morgan fingerprint density at radius 3 is 2.44 bits per heavy atom. The molecule has 2 saturated heterocycles. The van der Waals surface area contributed by atoms with Gasteiger partial charge in [0.1, 0.15) is 0 Å². The normalized spacial score (nSPS) is 22.5. The van der Waals surface area contributed by atoms with Crippen molar-refractivity contribution in [2.45, 2.75) is 25.7 Å². The third kappa shape index (κ3) is 5.22. The Labute approximate surface area is 162 Å². The largest absolute Gasteiger partial charge is 0.378 e. The van der Waals surface area contributed by atoms with Gasteiger partial charge in [0.25, 0.3) is 0 Å². The second-order valence-electron chi connectivity index (χ2n) is 7.92. The molecule has 6 heteroatoms. The molecule has 2 fully saturated rings. The highest BCUT2D eigenvalue weighted by atomic mass is 16.2. The van der Waals surface area contributed by atoms with E-state index in [-0.39, 0.29) is 23.7 Å². The maximum absolute atomic E-state index is 12.6. The molecule has 0 saturated carbocycles. The zero-order valence-electron chi connectivity index (χ0n) is 16.5. The topological polar surface area (TPSA) is 64.7 Å². The Hall–Kier alpha value is -2.08. The van der Waals surface area contributed by atoms with E-state index in [4.69, 9.17) is 0 Å². The van der Waals surface area contributed by atoms with Gasteiger partial charge in [-0.3, -0.25) is 9.59 Å². The van der Waals surface area contributed by atoms with Crippen LogP contribution in [0.25, 0.3) is 0 Å². The van der Waals surface area contributed by atoms with Crippen LogP contribution < -0.4 is 15.5 Å². The molecular weight excluding hydrogens is 340 g/mol. The van der Waals surface area contributed by atoms with E-state index in [2.05, 4.69) is 39.8 Å². The van der Waals surface area contributed by atoms with Gasteiger partial charge < -0.3 is 20.4 Å². The van der Waals surface area contributed by atoms with Crippen LogP contribution in [0.15, 0.2) is 24.3 Å². The summed E-state index contributed by atoms with van der Waals surface area (Å²) in [4.78, 5) is 29.2. The molecule has 1 aromatic rings. The molecular formula is C21H32N4O2. The van der Waals surface area contributed by atoms with Gasteiger partial charge in [-0.15, -0.1) is 0 Å². The van der Waals surface area contributed by atoms with Crippen molar-refractivity contribution < 1.29 is 9.59 Å². The SMILES string of the molecule is CN(C)c1ccc(CCNC(=O)[C@H]2CNC[C@H](C(=O)N3CCCC3)C2)cc1. The average Bonchev–Trinajstić information content (AvgIpc) is 3.22. The fourth-order valence-electron chi connectivity index (χ4n) is 3.96. The number of piperidine rings is 1. The van der Waals surface area contributed by atoms with Crippen molar-refractivity contribution in [2.24, 2.45) is 11.8 Å². The number of nitrogens with zero attached hydrogens (tertiary/aromatic N) is 2. The van der Waals surface area contributed by atoms with Crippen LogP contribution in [0.2, 0.25) is 0 Å². The molecule has 2 atom stereocenters. The van der Waals surface area contributed by atoms with Crippen molar-refractivity contribution in [1.29, 1.82) is 0 Å². The Bertz CT molecular complexity index is 638. The first-order valence-corrected chi connectivity index (χ1v) is 10.1. The van der Waals surface area contributed by atoms with E-state index >= 15 is 0 Å².